The first-order chi connectivity index (χ1) is 11.1. The Hall–Kier alpha value is -2.40. The van der Waals surface area contributed by atoms with Gasteiger partial charge < -0.3 is 19.9 Å². The maximum atomic E-state index is 11.2. The molecule has 2 aromatic carbocycles. The van der Waals surface area contributed by atoms with Crippen LogP contribution in [0.15, 0.2) is 42.5 Å². The van der Waals surface area contributed by atoms with Crippen molar-refractivity contribution in [2.45, 2.75) is 6.42 Å². The number of aromatic carboxylic acids is 1. The smallest absolute Gasteiger partial charge is 0.337 e. The molecule has 0 saturated carbocycles. The summed E-state index contributed by atoms with van der Waals surface area (Å²) in [6.07, 6.45) is 0.705. The summed E-state index contributed by atoms with van der Waals surface area (Å²) in [7, 11) is 1.61. The highest BCUT2D eigenvalue weighted by Crippen LogP contribution is 2.26. The third kappa shape index (κ3) is 4.79. The fraction of sp³-hybridized carbons (Fsp3) is 0.235. The zero-order valence-corrected chi connectivity index (χ0v) is 13.5. The van der Waals surface area contributed by atoms with Crippen molar-refractivity contribution in [2.24, 2.45) is 0 Å². The Bertz CT molecular complexity index is 658. The molecule has 0 atom stereocenters. The minimum atomic E-state index is -1.01. The summed E-state index contributed by atoms with van der Waals surface area (Å²) in [5, 5.41) is 12.6. The Morgan fingerprint density at radius 2 is 1.87 bits per heavy atom. The number of anilines is 1. The molecule has 5 nitrogen and oxygen atoms in total. The Morgan fingerprint density at radius 3 is 2.52 bits per heavy atom. The zero-order chi connectivity index (χ0) is 16.7. The second-order valence-corrected chi connectivity index (χ2v) is 5.18. The van der Waals surface area contributed by atoms with Crippen LogP contribution in [0.1, 0.15) is 16.8 Å². The van der Waals surface area contributed by atoms with Crippen LogP contribution in [-0.4, -0.2) is 31.3 Å². The lowest BCUT2D eigenvalue weighted by molar-refractivity contribution is 0.0698. The van der Waals surface area contributed by atoms with Gasteiger partial charge in [-0.3, -0.25) is 0 Å². The molecular weight excluding hydrogens is 318 g/mol. The lowest BCUT2D eigenvalue weighted by Gasteiger charge is -2.12. The molecule has 0 spiro atoms. The van der Waals surface area contributed by atoms with Gasteiger partial charge in [-0.1, -0.05) is 17.7 Å². The summed E-state index contributed by atoms with van der Waals surface area (Å²) < 4.78 is 10.7. The van der Waals surface area contributed by atoms with E-state index in [0.717, 1.165) is 11.5 Å². The average Bonchev–Trinajstić information content (AvgIpc) is 2.56. The minimum absolute atomic E-state index is 0.161. The molecule has 122 valence electrons. The largest absolute Gasteiger partial charge is 0.497 e. The molecule has 23 heavy (non-hydrogen) atoms. The van der Waals surface area contributed by atoms with E-state index in [-0.39, 0.29) is 5.56 Å². The first kappa shape index (κ1) is 17.0. The van der Waals surface area contributed by atoms with Crippen molar-refractivity contribution in [3.8, 4) is 11.5 Å². The number of para-hydroxylation sites is 1. The summed E-state index contributed by atoms with van der Waals surface area (Å²) >= 11 is 6.04. The van der Waals surface area contributed by atoms with E-state index in [9.17, 15) is 4.79 Å². The number of ether oxygens (including phenoxy) is 2. The van der Waals surface area contributed by atoms with Crippen LogP contribution in [0.3, 0.4) is 0 Å². The van der Waals surface area contributed by atoms with Crippen LogP contribution in [0, 0.1) is 0 Å². The van der Waals surface area contributed by atoms with Crippen molar-refractivity contribution in [1.82, 2.24) is 0 Å². The molecule has 0 aliphatic heterocycles. The van der Waals surface area contributed by atoms with Crippen LogP contribution in [0.4, 0.5) is 5.69 Å². The molecule has 0 radical (unpaired) electrons. The lowest BCUT2D eigenvalue weighted by atomic mass is 10.1. The highest BCUT2D eigenvalue weighted by molar-refractivity contribution is 6.34. The van der Waals surface area contributed by atoms with Crippen molar-refractivity contribution >= 4 is 23.3 Å². The number of carboxylic acids is 1. The van der Waals surface area contributed by atoms with Crippen molar-refractivity contribution in [3.05, 3.63) is 53.1 Å². The van der Waals surface area contributed by atoms with E-state index in [4.69, 9.17) is 26.2 Å². The average molecular weight is 336 g/mol. The van der Waals surface area contributed by atoms with E-state index in [1.54, 1.807) is 19.2 Å². The number of nitrogens with one attached hydrogen (secondary N) is 1. The normalized spacial score (nSPS) is 10.2. The van der Waals surface area contributed by atoms with Gasteiger partial charge in [0.1, 0.15) is 11.5 Å². The molecule has 6 heteroatoms. The van der Waals surface area contributed by atoms with E-state index in [1.807, 2.05) is 24.3 Å². The van der Waals surface area contributed by atoms with Crippen molar-refractivity contribution in [2.75, 3.05) is 25.6 Å². The molecule has 0 aliphatic carbocycles. The maximum absolute atomic E-state index is 11.2. The van der Waals surface area contributed by atoms with Gasteiger partial charge in [0.2, 0.25) is 0 Å². The first-order valence-electron chi connectivity index (χ1n) is 7.14. The fourth-order valence-corrected chi connectivity index (χ4v) is 2.27. The fourth-order valence-electron chi connectivity index (χ4n) is 2.03. The SMILES string of the molecule is COc1ccc(OCCCNc2c(Cl)cccc2C(=O)O)cc1. The molecule has 0 aliphatic rings. The van der Waals surface area contributed by atoms with Gasteiger partial charge in [-0.2, -0.15) is 0 Å². The summed E-state index contributed by atoms with van der Waals surface area (Å²) in [6, 6.07) is 12.1. The van der Waals surface area contributed by atoms with Gasteiger partial charge in [0, 0.05) is 6.54 Å². The third-order valence-corrected chi connectivity index (χ3v) is 3.51. The van der Waals surface area contributed by atoms with E-state index < -0.39 is 5.97 Å². The van der Waals surface area contributed by atoms with Gasteiger partial charge in [-0.25, -0.2) is 4.79 Å². The Balaban J connectivity index is 1.80. The molecule has 0 aromatic heterocycles. The predicted octanol–water partition coefficient (Wildman–Crippen LogP) is 3.93. The van der Waals surface area contributed by atoms with Gasteiger partial charge in [0.05, 0.1) is 30.0 Å². The molecule has 0 saturated heterocycles. The molecule has 2 aromatic rings. The summed E-state index contributed by atoms with van der Waals surface area (Å²) in [6.45, 7) is 1.06. The number of rotatable bonds is 8. The van der Waals surface area contributed by atoms with E-state index >= 15 is 0 Å². The zero-order valence-electron chi connectivity index (χ0n) is 12.7. The predicted molar refractivity (Wildman–Crippen MR) is 90.0 cm³/mol. The minimum Gasteiger partial charge on any atom is -0.497 e. The quantitative estimate of drug-likeness (QED) is 0.715. The number of carbonyl (C=O) groups is 1. The third-order valence-electron chi connectivity index (χ3n) is 3.20. The van der Waals surface area contributed by atoms with Crippen LogP contribution in [0.2, 0.25) is 5.02 Å². The number of carboxylic acid groups (broad SMARTS) is 1. The molecule has 0 heterocycles. The van der Waals surface area contributed by atoms with Gasteiger partial charge in [0.15, 0.2) is 0 Å². The highest BCUT2D eigenvalue weighted by Gasteiger charge is 2.12. The number of halogens is 1. The number of hydrogen-bond donors (Lipinski definition) is 2. The Morgan fingerprint density at radius 1 is 1.17 bits per heavy atom. The van der Waals surface area contributed by atoms with Gasteiger partial charge in [-0.15, -0.1) is 0 Å². The standard InChI is InChI=1S/C17H18ClNO4/c1-22-12-6-8-13(9-7-12)23-11-3-10-19-16-14(17(20)21)4-2-5-15(16)18/h2,4-9,19H,3,10-11H2,1H3,(H,20,21). The number of hydrogen-bond acceptors (Lipinski definition) is 4. The molecule has 0 amide bonds. The lowest BCUT2D eigenvalue weighted by Crippen LogP contribution is -2.11. The molecule has 0 fully saturated rings. The van der Waals surface area contributed by atoms with Crippen LogP contribution in [-0.2, 0) is 0 Å². The molecular formula is C17H18ClNO4. The number of benzene rings is 2. The van der Waals surface area contributed by atoms with Crippen molar-refractivity contribution in [3.63, 3.8) is 0 Å². The van der Waals surface area contributed by atoms with E-state index in [1.165, 1.54) is 6.07 Å². The second kappa shape index (κ2) is 8.29. The summed E-state index contributed by atoms with van der Waals surface area (Å²) in [5.41, 5.74) is 0.597. The van der Waals surface area contributed by atoms with Gasteiger partial charge in [0.25, 0.3) is 0 Å². The molecule has 2 N–H and O–H groups in total. The van der Waals surface area contributed by atoms with E-state index in [2.05, 4.69) is 5.32 Å². The van der Waals surface area contributed by atoms with Crippen LogP contribution in [0.25, 0.3) is 0 Å². The molecule has 2 rings (SSSR count). The first-order valence-corrected chi connectivity index (χ1v) is 7.52. The monoisotopic (exact) mass is 335 g/mol. The topological polar surface area (TPSA) is 67.8 Å². The molecule has 0 unspecified atom stereocenters. The van der Waals surface area contributed by atoms with Crippen LogP contribution >= 0.6 is 11.6 Å². The second-order valence-electron chi connectivity index (χ2n) is 4.77. The van der Waals surface area contributed by atoms with Crippen LogP contribution < -0.4 is 14.8 Å². The number of methoxy groups -OCH3 is 1. The van der Waals surface area contributed by atoms with E-state index in [0.29, 0.717) is 30.3 Å². The summed E-state index contributed by atoms with van der Waals surface area (Å²) in [4.78, 5) is 11.2. The molecule has 0 bridgehead atoms. The highest BCUT2D eigenvalue weighted by atomic mass is 35.5. The van der Waals surface area contributed by atoms with Crippen molar-refractivity contribution in [1.29, 1.82) is 0 Å². The van der Waals surface area contributed by atoms with Crippen molar-refractivity contribution < 1.29 is 19.4 Å². The van der Waals surface area contributed by atoms with Gasteiger partial charge >= 0.3 is 5.97 Å². The van der Waals surface area contributed by atoms with Crippen LogP contribution in [0.5, 0.6) is 11.5 Å². The van der Waals surface area contributed by atoms with Gasteiger partial charge in [-0.05, 0) is 42.8 Å². The Labute approximate surface area is 139 Å². The Kier molecular flexibility index (Phi) is 6.11. The summed E-state index contributed by atoms with van der Waals surface area (Å²) in [5.74, 6) is 0.526. The maximum Gasteiger partial charge on any atom is 0.337 e.